The summed E-state index contributed by atoms with van der Waals surface area (Å²) in [5.74, 6) is -2.65. The van der Waals surface area contributed by atoms with Crippen molar-refractivity contribution >= 4 is 44.7 Å². The molecule has 0 unspecified atom stereocenters. The van der Waals surface area contributed by atoms with Crippen LogP contribution in [0, 0.1) is 17.8 Å². The van der Waals surface area contributed by atoms with Crippen LogP contribution in [0.5, 0.6) is 17.6 Å². The minimum absolute atomic E-state index is 0.0337. The monoisotopic (exact) mass is 772 g/mol. The molecule has 54 heavy (non-hydrogen) atoms. The molecule has 4 amide bonds. The lowest BCUT2D eigenvalue weighted by Gasteiger charge is -2.33. The average molecular weight is 773 g/mol. The van der Waals surface area contributed by atoms with Crippen molar-refractivity contribution in [3.05, 3.63) is 30.4 Å². The van der Waals surface area contributed by atoms with Gasteiger partial charge in [-0.2, -0.15) is 9.97 Å². The molecule has 2 aliphatic carbocycles. The van der Waals surface area contributed by atoms with E-state index in [4.69, 9.17) is 18.9 Å². The first kappa shape index (κ1) is 39.0. The number of carbonyl (C=O) groups excluding carboxylic acids is 3. The third-order valence-corrected chi connectivity index (χ3v) is 13.2. The SMILES string of the molecule is COC[C@@H]1C[C@@H](C)CCC=C[C@@H]2C[C@@]2(C(=O)NS(=O)(=O)C2(C)CC2)NC(=O)[C@@H]2C[C@@H](Oc3nc(OC)c4c(OC)cccc4n3)CN2C(=O)[C@H]1NC(=O)O. The number of methoxy groups -OCH3 is 3. The molecule has 17 nitrogen and oxygen atoms in total. The number of hydrogen-bond donors (Lipinski definition) is 4. The van der Waals surface area contributed by atoms with E-state index in [0.717, 1.165) is 0 Å². The molecule has 7 atom stereocenters. The van der Waals surface area contributed by atoms with Crippen molar-refractivity contribution in [3.63, 3.8) is 0 Å². The molecule has 0 radical (unpaired) electrons. The Kier molecular flexibility index (Phi) is 11.0. The maximum absolute atomic E-state index is 14.6. The molecule has 294 valence electrons. The second kappa shape index (κ2) is 15.2. The first-order chi connectivity index (χ1) is 25.6. The highest BCUT2D eigenvalue weighted by atomic mass is 32.2. The maximum Gasteiger partial charge on any atom is 0.405 e. The molecule has 18 heteroatoms. The van der Waals surface area contributed by atoms with Gasteiger partial charge in [0.05, 0.1) is 37.6 Å². The lowest BCUT2D eigenvalue weighted by molar-refractivity contribution is -0.142. The summed E-state index contributed by atoms with van der Waals surface area (Å²) >= 11 is 0. The molecule has 1 aromatic carbocycles. The summed E-state index contributed by atoms with van der Waals surface area (Å²) in [5.41, 5.74) is -1.13. The second-order valence-corrected chi connectivity index (χ2v) is 17.2. The molecule has 2 saturated carbocycles. The number of carbonyl (C=O) groups is 4. The summed E-state index contributed by atoms with van der Waals surface area (Å²) in [4.78, 5) is 65.1. The van der Waals surface area contributed by atoms with E-state index in [0.29, 0.717) is 48.8 Å². The third-order valence-electron chi connectivity index (χ3n) is 11.1. The van der Waals surface area contributed by atoms with E-state index in [9.17, 15) is 32.7 Å². The number of ether oxygens (including phenoxy) is 4. The van der Waals surface area contributed by atoms with E-state index >= 15 is 0 Å². The van der Waals surface area contributed by atoms with Gasteiger partial charge in [-0.1, -0.05) is 25.1 Å². The fourth-order valence-electron chi connectivity index (χ4n) is 7.54. The first-order valence-corrected chi connectivity index (χ1v) is 19.5. The van der Waals surface area contributed by atoms with E-state index in [1.54, 1.807) is 25.1 Å². The van der Waals surface area contributed by atoms with E-state index in [1.165, 1.54) is 26.2 Å². The fraction of sp³-hybridized carbons (Fsp3) is 0.611. The van der Waals surface area contributed by atoms with Crippen molar-refractivity contribution in [2.75, 3.05) is 34.5 Å². The van der Waals surface area contributed by atoms with Crippen molar-refractivity contribution in [2.45, 2.75) is 87.3 Å². The topological polar surface area (TPSA) is 225 Å². The Balaban J connectivity index is 1.36. The number of allylic oxidation sites excluding steroid dienone is 1. The number of fused-ring (bicyclic) bond motifs is 3. The highest BCUT2D eigenvalue weighted by Crippen LogP contribution is 2.47. The first-order valence-electron chi connectivity index (χ1n) is 18.0. The Morgan fingerprint density at radius 3 is 2.54 bits per heavy atom. The number of benzene rings is 1. The average Bonchev–Trinajstić information content (AvgIpc) is 4.01. The molecule has 1 aromatic heterocycles. The van der Waals surface area contributed by atoms with E-state index < -0.39 is 74.1 Å². The number of rotatable bonds is 10. The summed E-state index contributed by atoms with van der Waals surface area (Å²) in [7, 11) is 0.375. The number of sulfonamides is 1. The molecular formula is C36H48N6O11S. The van der Waals surface area contributed by atoms with Gasteiger partial charge in [-0.3, -0.25) is 19.1 Å². The summed E-state index contributed by atoms with van der Waals surface area (Å²) in [6.45, 7) is 3.46. The lowest BCUT2D eigenvalue weighted by atomic mass is 9.87. The van der Waals surface area contributed by atoms with Crippen LogP contribution in [0.1, 0.15) is 58.8 Å². The Morgan fingerprint density at radius 2 is 1.87 bits per heavy atom. The van der Waals surface area contributed by atoms with Crippen molar-refractivity contribution < 1.29 is 51.6 Å². The van der Waals surface area contributed by atoms with Crippen molar-refractivity contribution in [2.24, 2.45) is 17.8 Å². The largest absolute Gasteiger partial charge is 0.496 e. The molecule has 4 N–H and O–H groups in total. The van der Waals surface area contributed by atoms with Crippen molar-refractivity contribution in [3.8, 4) is 17.6 Å². The quantitative estimate of drug-likeness (QED) is 0.255. The number of amides is 4. The highest BCUT2D eigenvalue weighted by molar-refractivity contribution is 7.91. The molecule has 0 spiro atoms. The van der Waals surface area contributed by atoms with Gasteiger partial charge in [0.1, 0.15) is 34.9 Å². The van der Waals surface area contributed by atoms with Gasteiger partial charge in [0, 0.05) is 25.4 Å². The molecule has 2 aromatic rings. The maximum atomic E-state index is 14.6. The van der Waals surface area contributed by atoms with Gasteiger partial charge < -0.3 is 39.6 Å². The molecule has 4 aliphatic rings. The Morgan fingerprint density at radius 1 is 1.11 bits per heavy atom. The molecule has 2 aliphatic heterocycles. The van der Waals surface area contributed by atoms with Gasteiger partial charge in [0.2, 0.25) is 27.7 Å². The van der Waals surface area contributed by atoms with Crippen LogP contribution in [-0.4, -0.2) is 115 Å². The normalized spacial score (nSPS) is 29.5. The van der Waals surface area contributed by atoms with Crippen LogP contribution in [0.4, 0.5) is 4.79 Å². The summed E-state index contributed by atoms with van der Waals surface area (Å²) in [5, 5.41) is 15.6. The van der Waals surface area contributed by atoms with Crippen LogP contribution in [0.15, 0.2) is 30.4 Å². The molecule has 0 bridgehead atoms. The fourth-order valence-corrected chi connectivity index (χ4v) is 8.85. The Hall–Kier alpha value is -4.71. The van der Waals surface area contributed by atoms with Gasteiger partial charge in [-0.25, -0.2) is 13.2 Å². The van der Waals surface area contributed by atoms with Crippen LogP contribution < -0.4 is 29.6 Å². The predicted molar refractivity (Wildman–Crippen MR) is 193 cm³/mol. The van der Waals surface area contributed by atoms with E-state index in [-0.39, 0.29) is 43.8 Å². The van der Waals surface area contributed by atoms with Gasteiger partial charge in [-0.15, -0.1) is 0 Å². The van der Waals surface area contributed by atoms with Gasteiger partial charge >= 0.3 is 12.1 Å². The molecule has 3 heterocycles. The van der Waals surface area contributed by atoms with E-state index in [1.807, 2.05) is 19.1 Å². The van der Waals surface area contributed by atoms with Crippen LogP contribution in [0.3, 0.4) is 0 Å². The smallest absolute Gasteiger partial charge is 0.405 e. The number of aromatic nitrogens is 2. The van der Waals surface area contributed by atoms with Crippen molar-refractivity contribution in [1.82, 2.24) is 30.2 Å². The van der Waals surface area contributed by atoms with Gasteiger partial charge in [0.15, 0.2) is 0 Å². The second-order valence-electron chi connectivity index (χ2n) is 15.0. The molecular weight excluding hydrogens is 724 g/mol. The Labute approximate surface area is 313 Å². The van der Waals surface area contributed by atoms with Crippen LogP contribution >= 0.6 is 0 Å². The number of carboxylic acid groups (broad SMARTS) is 1. The zero-order valence-corrected chi connectivity index (χ0v) is 31.8. The summed E-state index contributed by atoms with van der Waals surface area (Å²) in [6, 6.07) is 2.55. The van der Waals surface area contributed by atoms with Gasteiger partial charge in [-0.05, 0) is 63.5 Å². The molecule has 1 saturated heterocycles. The minimum Gasteiger partial charge on any atom is -0.496 e. The summed E-state index contributed by atoms with van der Waals surface area (Å²) < 4.78 is 50.1. The lowest BCUT2D eigenvalue weighted by Crippen LogP contribution is -2.59. The molecule has 6 rings (SSSR count). The number of nitrogens with zero attached hydrogens (tertiary/aromatic N) is 3. The van der Waals surface area contributed by atoms with E-state index in [2.05, 4.69) is 25.3 Å². The Bertz CT molecular complexity index is 1940. The number of nitrogens with one attached hydrogen (secondary N) is 3. The molecule has 3 fully saturated rings. The minimum atomic E-state index is -4.03. The summed E-state index contributed by atoms with van der Waals surface area (Å²) in [6.07, 6.45) is 4.04. The van der Waals surface area contributed by atoms with Crippen LogP contribution in [0.2, 0.25) is 0 Å². The zero-order chi connectivity index (χ0) is 39.0. The number of hydrogen-bond acceptors (Lipinski definition) is 12. The zero-order valence-electron chi connectivity index (χ0n) is 31.0. The van der Waals surface area contributed by atoms with Crippen LogP contribution in [0.25, 0.3) is 10.9 Å². The van der Waals surface area contributed by atoms with Gasteiger partial charge in [0.25, 0.3) is 5.91 Å². The van der Waals surface area contributed by atoms with Crippen LogP contribution in [-0.2, 0) is 29.1 Å². The predicted octanol–water partition coefficient (Wildman–Crippen LogP) is 2.14. The standard InChI is InChI=1S/C36H48N6O11S/c1-20-9-6-7-10-22-17-36(22,32(45)41-54(48,49)35(2)13-14-35)40-29(43)25-16-23(18-42(25)31(44)28(38-34(46)47)21(15-20)19-50-3)53-33-37-24-11-8-12-26(51-4)27(24)30(39-33)52-5/h7-8,10-12,20-23,25,28,38H,6,9,13-19H2,1-5H3,(H,40,43)(H,41,45)(H,46,47)/t20-,21-,22+,23+,25-,28-,36+/m0/s1. The van der Waals surface area contributed by atoms with Crippen molar-refractivity contribution in [1.29, 1.82) is 0 Å². The highest BCUT2D eigenvalue weighted by Gasteiger charge is 2.63. The third kappa shape index (κ3) is 7.76.